The number of nitrogens with one attached hydrogen (secondary N) is 1. The molecule has 3 aromatic rings. The van der Waals surface area contributed by atoms with Crippen LogP contribution < -0.4 is 10.1 Å². The zero-order chi connectivity index (χ0) is 18.3. The first kappa shape index (κ1) is 17.1. The summed E-state index contributed by atoms with van der Waals surface area (Å²) in [6.45, 7) is 5.90. The standard InChI is InChI=1S/C20H22N2O3S/c1-3-25-15-6-9-19-17(12-15)18-13-21-11-10-20(18)22(19)26(23,24)16-7-4-14(2)5-8-16/h4-9,12,21H,3,10-11,13H2,1-2H3. The summed E-state index contributed by atoms with van der Waals surface area (Å²) in [4.78, 5) is 0.315. The minimum Gasteiger partial charge on any atom is -0.494 e. The second-order valence-corrected chi connectivity index (χ2v) is 8.33. The SMILES string of the molecule is CCOc1ccc2c(c1)c1c(n2S(=O)(=O)c2ccc(C)cc2)CCNC1. The summed E-state index contributed by atoms with van der Waals surface area (Å²) in [6.07, 6.45) is 0.680. The van der Waals surface area contributed by atoms with Crippen LogP contribution in [0.1, 0.15) is 23.7 Å². The van der Waals surface area contributed by atoms with Crippen LogP contribution >= 0.6 is 0 Å². The quantitative estimate of drug-likeness (QED) is 0.766. The minimum atomic E-state index is -3.66. The van der Waals surface area contributed by atoms with Crippen LogP contribution in [0.2, 0.25) is 0 Å². The van der Waals surface area contributed by atoms with E-state index in [2.05, 4.69) is 5.32 Å². The maximum absolute atomic E-state index is 13.4. The van der Waals surface area contributed by atoms with E-state index in [1.807, 2.05) is 44.2 Å². The van der Waals surface area contributed by atoms with E-state index in [0.29, 0.717) is 30.0 Å². The highest BCUT2D eigenvalue weighted by Gasteiger charge is 2.28. The molecule has 1 N–H and O–H groups in total. The van der Waals surface area contributed by atoms with Crippen molar-refractivity contribution in [3.05, 3.63) is 59.3 Å². The normalized spacial score (nSPS) is 14.4. The predicted octanol–water partition coefficient (Wildman–Crippen LogP) is 3.23. The second kappa shape index (κ2) is 6.45. The number of benzene rings is 2. The van der Waals surface area contributed by atoms with Gasteiger partial charge in [0.15, 0.2) is 0 Å². The molecule has 0 radical (unpaired) electrons. The third kappa shape index (κ3) is 2.70. The third-order valence-electron chi connectivity index (χ3n) is 4.82. The lowest BCUT2D eigenvalue weighted by molar-refractivity contribution is 0.340. The van der Waals surface area contributed by atoms with Gasteiger partial charge in [0.25, 0.3) is 10.0 Å². The third-order valence-corrected chi connectivity index (χ3v) is 6.58. The number of hydrogen-bond donors (Lipinski definition) is 1. The molecule has 6 heteroatoms. The van der Waals surface area contributed by atoms with Crippen LogP contribution in [0.5, 0.6) is 5.75 Å². The molecular formula is C20H22N2O3S. The van der Waals surface area contributed by atoms with Crippen LogP contribution in [0.25, 0.3) is 10.9 Å². The molecule has 26 heavy (non-hydrogen) atoms. The first-order valence-electron chi connectivity index (χ1n) is 8.84. The molecule has 1 aliphatic heterocycles. The van der Waals surface area contributed by atoms with Crippen molar-refractivity contribution in [1.29, 1.82) is 0 Å². The summed E-state index contributed by atoms with van der Waals surface area (Å²) in [7, 11) is -3.66. The molecule has 1 aromatic heterocycles. The van der Waals surface area contributed by atoms with Crippen molar-refractivity contribution < 1.29 is 13.2 Å². The van der Waals surface area contributed by atoms with Gasteiger partial charge in [-0.05, 0) is 49.7 Å². The van der Waals surface area contributed by atoms with Crippen LogP contribution in [0.15, 0.2) is 47.4 Å². The van der Waals surface area contributed by atoms with E-state index in [0.717, 1.165) is 34.5 Å². The summed E-state index contributed by atoms with van der Waals surface area (Å²) in [6, 6.07) is 12.7. The molecule has 2 aromatic carbocycles. The van der Waals surface area contributed by atoms with Gasteiger partial charge in [-0.25, -0.2) is 12.4 Å². The fourth-order valence-electron chi connectivity index (χ4n) is 3.57. The van der Waals surface area contributed by atoms with Gasteiger partial charge < -0.3 is 10.1 Å². The average Bonchev–Trinajstić information content (AvgIpc) is 2.97. The maximum atomic E-state index is 13.4. The molecule has 5 nitrogen and oxygen atoms in total. The maximum Gasteiger partial charge on any atom is 0.268 e. The number of nitrogens with zero attached hydrogens (tertiary/aromatic N) is 1. The van der Waals surface area contributed by atoms with Crippen molar-refractivity contribution in [3.8, 4) is 5.75 Å². The Morgan fingerprint density at radius 3 is 2.65 bits per heavy atom. The average molecular weight is 370 g/mol. The van der Waals surface area contributed by atoms with Gasteiger partial charge in [-0.1, -0.05) is 17.7 Å². The Morgan fingerprint density at radius 2 is 1.92 bits per heavy atom. The number of aromatic nitrogens is 1. The monoisotopic (exact) mass is 370 g/mol. The molecule has 0 spiro atoms. The summed E-state index contributed by atoms with van der Waals surface area (Å²) in [5, 5.41) is 4.29. The lowest BCUT2D eigenvalue weighted by Gasteiger charge is -2.17. The van der Waals surface area contributed by atoms with E-state index in [-0.39, 0.29) is 0 Å². The van der Waals surface area contributed by atoms with Crippen molar-refractivity contribution in [1.82, 2.24) is 9.29 Å². The number of fused-ring (bicyclic) bond motifs is 3. The first-order valence-corrected chi connectivity index (χ1v) is 10.3. The van der Waals surface area contributed by atoms with Gasteiger partial charge in [-0.3, -0.25) is 0 Å². The molecule has 1 aliphatic rings. The summed E-state index contributed by atoms with van der Waals surface area (Å²) in [5.41, 5.74) is 3.66. The zero-order valence-electron chi connectivity index (χ0n) is 15.0. The zero-order valence-corrected chi connectivity index (χ0v) is 15.8. The minimum absolute atomic E-state index is 0.315. The van der Waals surface area contributed by atoms with Crippen LogP contribution in [0.3, 0.4) is 0 Å². The van der Waals surface area contributed by atoms with Crippen molar-refractivity contribution >= 4 is 20.9 Å². The Kier molecular flexibility index (Phi) is 4.25. The van der Waals surface area contributed by atoms with Crippen molar-refractivity contribution in [3.63, 3.8) is 0 Å². The van der Waals surface area contributed by atoms with Gasteiger partial charge >= 0.3 is 0 Å². The lowest BCUT2D eigenvalue weighted by atomic mass is 10.1. The molecule has 136 valence electrons. The Morgan fingerprint density at radius 1 is 1.15 bits per heavy atom. The van der Waals surface area contributed by atoms with Crippen LogP contribution in [0.4, 0.5) is 0 Å². The molecule has 0 aliphatic carbocycles. The van der Waals surface area contributed by atoms with E-state index in [4.69, 9.17) is 4.74 Å². The summed E-state index contributed by atoms with van der Waals surface area (Å²) >= 11 is 0. The van der Waals surface area contributed by atoms with E-state index in [9.17, 15) is 8.42 Å². The molecule has 0 amide bonds. The summed E-state index contributed by atoms with van der Waals surface area (Å²) in [5.74, 6) is 0.762. The molecule has 0 atom stereocenters. The van der Waals surface area contributed by atoms with E-state index < -0.39 is 10.0 Å². The first-order chi connectivity index (χ1) is 12.5. The smallest absolute Gasteiger partial charge is 0.268 e. The number of ether oxygens (including phenoxy) is 1. The molecule has 0 bridgehead atoms. The Labute approximate surface area is 153 Å². The van der Waals surface area contributed by atoms with Gasteiger partial charge in [0.2, 0.25) is 0 Å². The van der Waals surface area contributed by atoms with E-state index >= 15 is 0 Å². The number of rotatable bonds is 4. The van der Waals surface area contributed by atoms with Gasteiger partial charge in [0.1, 0.15) is 5.75 Å². The molecule has 0 unspecified atom stereocenters. The highest BCUT2D eigenvalue weighted by Crippen LogP contribution is 2.34. The fourth-order valence-corrected chi connectivity index (χ4v) is 5.17. The van der Waals surface area contributed by atoms with Crippen LogP contribution in [-0.2, 0) is 23.0 Å². The molecule has 0 saturated carbocycles. The highest BCUT2D eigenvalue weighted by molar-refractivity contribution is 7.90. The van der Waals surface area contributed by atoms with Gasteiger partial charge in [-0.15, -0.1) is 0 Å². The molecule has 0 saturated heterocycles. The van der Waals surface area contributed by atoms with Crippen molar-refractivity contribution in [2.24, 2.45) is 0 Å². The van der Waals surface area contributed by atoms with Crippen LogP contribution in [0, 0.1) is 6.92 Å². The van der Waals surface area contributed by atoms with Crippen molar-refractivity contribution in [2.75, 3.05) is 13.2 Å². The Hall–Kier alpha value is -2.31. The number of aryl methyl sites for hydroxylation is 1. The van der Waals surface area contributed by atoms with Gasteiger partial charge in [0, 0.05) is 30.6 Å². The van der Waals surface area contributed by atoms with Gasteiger partial charge in [0.05, 0.1) is 17.0 Å². The molecule has 0 fully saturated rings. The largest absolute Gasteiger partial charge is 0.494 e. The topological polar surface area (TPSA) is 60.3 Å². The second-order valence-electron chi connectivity index (χ2n) is 6.55. The summed E-state index contributed by atoms with van der Waals surface area (Å²) < 4.78 is 34.0. The fraction of sp³-hybridized carbons (Fsp3) is 0.300. The Bertz CT molecular complexity index is 1070. The predicted molar refractivity (Wildman–Crippen MR) is 102 cm³/mol. The Balaban J connectivity index is 1.98. The van der Waals surface area contributed by atoms with Crippen molar-refractivity contribution in [2.45, 2.75) is 31.7 Å². The molecular weight excluding hydrogens is 348 g/mol. The molecule has 2 heterocycles. The molecule has 4 rings (SSSR count). The van der Waals surface area contributed by atoms with E-state index in [1.54, 1.807) is 12.1 Å². The van der Waals surface area contributed by atoms with Gasteiger partial charge in [-0.2, -0.15) is 0 Å². The number of hydrogen-bond acceptors (Lipinski definition) is 4. The van der Waals surface area contributed by atoms with Crippen LogP contribution in [-0.4, -0.2) is 25.5 Å². The van der Waals surface area contributed by atoms with E-state index in [1.165, 1.54) is 3.97 Å². The highest BCUT2D eigenvalue weighted by atomic mass is 32.2. The lowest BCUT2D eigenvalue weighted by Crippen LogP contribution is -2.26.